The highest BCUT2D eigenvalue weighted by molar-refractivity contribution is 9.10. The number of hydrogen-bond donors (Lipinski definition) is 1. The lowest BCUT2D eigenvalue weighted by Crippen LogP contribution is -2.22. The van der Waals surface area contributed by atoms with Gasteiger partial charge in [-0.05, 0) is 35.2 Å². The van der Waals surface area contributed by atoms with Crippen LogP contribution in [0.15, 0.2) is 40.2 Å². The Balaban J connectivity index is 2.05. The van der Waals surface area contributed by atoms with Gasteiger partial charge in [0.25, 0.3) is 0 Å². The molecule has 1 aromatic heterocycles. The largest absolute Gasteiger partial charge is 0.326 e. The van der Waals surface area contributed by atoms with E-state index in [2.05, 4.69) is 63.5 Å². The summed E-state index contributed by atoms with van der Waals surface area (Å²) in [6, 6.07) is 10.7. The molecule has 0 aliphatic heterocycles. The summed E-state index contributed by atoms with van der Waals surface area (Å²) in [5.41, 5.74) is 8.14. The van der Waals surface area contributed by atoms with Crippen molar-refractivity contribution >= 4 is 27.3 Å². The number of nitrogens with zero attached hydrogens (tertiary/aromatic N) is 1. The van der Waals surface area contributed by atoms with Crippen LogP contribution in [0.4, 0.5) is 0 Å². The molecule has 1 heterocycles. The first-order valence-electron chi connectivity index (χ1n) is 6.45. The van der Waals surface area contributed by atoms with Crippen LogP contribution in [0, 0.1) is 0 Å². The maximum absolute atomic E-state index is 5.66. The molecule has 0 aliphatic rings. The quantitative estimate of drug-likeness (QED) is 0.862. The summed E-state index contributed by atoms with van der Waals surface area (Å²) in [5, 5.41) is 2.13. The number of rotatable bonds is 6. The zero-order valence-corrected chi connectivity index (χ0v) is 13.5. The van der Waals surface area contributed by atoms with E-state index in [0.29, 0.717) is 6.54 Å². The van der Waals surface area contributed by atoms with Crippen LogP contribution in [-0.2, 0) is 19.6 Å². The molecule has 0 radical (unpaired) electrons. The summed E-state index contributed by atoms with van der Waals surface area (Å²) < 4.78 is 1.15. The Labute approximate surface area is 127 Å². The van der Waals surface area contributed by atoms with Gasteiger partial charge in [0.15, 0.2) is 0 Å². The van der Waals surface area contributed by atoms with Crippen LogP contribution < -0.4 is 5.73 Å². The Hall–Kier alpha value is -0.680. The molecule has 19 heavy (non-hydrogen) atoms. The molecule has 0 aliphatic carbocycles. The van der Waals surface area contributed by atoms with Crippen LogP contribution in [-0.4, -0.2) is 11.4 Å². The Morgan fingerprint density at radius 1 is 1.26 bits per heavy atom. The number of thiophene rings is 1. The fourth-order valence-electron chi connectivity index (χ4n) is 1.99. The number of benzene rings is 1. The van der Waals surface area contributed by atoms with Crippen molar-refractivity contribution in [3.05, 3.63) is 56.2 Å². The third-order valence-corrected chi connectivity index (χ3v) is 4.75. The standard InChI is InChI=1S/C15H19BrN2S/c1-2-18(11-14-4-3-7-19-14)10-13-6-5-12(9-17)8-15(13)16/h3-8H,2,9-11,17H2,1H3. The Bertz CT molecular complexity index is 511. The van der Waals surface area contributed by atoms with Crippen molar-refractivity contribution in [1.82, 2.24) is 4.90 Å². The fraction of sp³-hybridized carbons (Fsp3) is 0.333. The monoisotopic (exact) mass is 338 g/mol. The van der Waals surface area contributed by atoms with Crippen molar-refractivity contribution in [1.29, 1.82) is 0 Å². The minimum atomic E-state index is 0.589. The second kappa shape index (κ2) is 7.20. The predicted octanol–water partition coefficient (Wildman–Crippen LogP) is 3.99. The van der Waals surface area contributed by atoms with Crippen molar-refractivity contribution in [2.24, 2.45) is 5.73 Å². The molecule has 2 nitrogen and oxygen atoms in total. The minimum absolute atomic E-state index is 0.589. The predicted molar refractivity (Wildman–Crippen MR) is 86.1 cm³/mol. The molecule has 0 saturated heterocycles. The van der Waals surface area contributed by atoms with E-state index >= 15 is 0 Å². The molecule has 102 valence electrons. The zero-order chi connectivity index (χ0) is 13.7. The molecule has 2 aromatic rings. The first-order valence-corrected chi connectivity index (χ1v) is 8.12. The van der Waals surface area contributed by atoms with Gasteiger partial charge in [0.2, 0.25) is 0 Å². The molecule has 0 spiro atoms. The normalized spacial score (nSPS) is 11.2. The minimum Gasteiger partial charge on any atom is -0.326 e. The van der Waals surface area contributed by atoms with Crippen LogP contribution in [0.3, 0.4) is 0 Å². The van der Waals surface area contributed by atoms with Crippen molar-refractivity contribution in [3.8, 4) is 0 Å². The summed E-state index contributed by atoms with van der Waals surface area (Å²) >= 11 is 5.46. The van der Waals surface area contributed by atoms with Crippen molar-refractivity contribution in [2.45, 2.75) is 26.6 Å². The van der Waals surface area contributed by atoms with Gasteiger partial charge in [-0.15, -0.1) is 11.3 Å². The maximum Gasteiger partial charge on any atom is 0.0331 e. The van der Waals surface area contributed by atoms with E-state index in [1.807, 2.05) is 11.3 Å². The summed E-state index contributed by atoms with van der Waals surface area (Å²) in [6.07, 6.45) is 0. The Kier molecular flexibility index (Phi) is 5.58. The van der Waals surface area contributed by atoms with E-state index in [0.717, 1.165) is 29.7 Å². The molecular formula is C15H19BrN2S. The van der Waals surface area contributed by atoms with Gasteiger partial charge in [-0.2, -0.15) is 0 Å². The van der Waals surface area contributed by atoms with Crippen LogP contribution in [0.2, 0.25) is 0 Å². The molecule has 0 bridgehead atoms. The first-order chi connectivity index (χ1) is 9.22. The number of halogens is 1. The van der Waals surface area contributed by atoms with Gasteiger partial charge in [0.05, 0.1) is 0 Å². The topological polar surface area (TPSA) is 29.3 Å². The molecule has 1 aromatic carbocycles. The van der Waals surface area contributed by atoms with Crippen LogP contribution in [0.1, 0.15) is 22.9 Å². The number of nitrogens with two attached hydrogens (primary N) is 1. The van der Waals surface area contributed by atoms with Crippen LogP contribution >= 0.6 is 27.3 Å². The molecular weight excluding hydrogens is 320 g/mol. The van der Waals surface area contributed by atoms with Gasteiger partial charge in [-0.3, -0.25) is 4.90 Å². The zero-order valence-electron chi connectivity index (χ0n) is 11.1. The molecule has 0 fully saturated rings. The Morgan fingerprint density at radius 2 is 2.11 bits per heavy atom. The third kappa shape index (κ3) is 4.14. The molecule has 4 heteroatoms. The summed E-state index contributed by atoms with van der Waals surface area (Å²) in [7, 11) is 0. The fourth-order valence-corrected chi connectivity index (χ4v) is 3.29. The highest BCUT2D eigenvalue weighted by atomic mass is 79.9. The summed E-state index contributed by atoms with van der Waals surface area (Å²) in [4.78, 5) is 3.85. The smallest absolute Gasteiger partial charge is 0.0331 e. The van der Waals surface area contributed by atoms with Crippen molar-refractivity contribution in [3.63, 3.8) is 0 Å². The van der Waals surface area contributed by atoms with E-state index in [1.54, 1.807) is 0 Å². The molecule has 0 unspecified atom stereocenters. The van der Waals surface area contributed by atoms with E-state index in [9.17, 15) is 0 Å². The molecule has 2 N–H and O–H groups in total. The van der Waals surface area contributed by atoms with Gasteiger partial charge in [-0.1, -0.05) is 41.1 Å². The third-order valence-electron chi connectivity index (χ3n) is 3.15. The van der Waals surface area contributed by atoms with E-state index < -0.39 is 0 Å². The van der Waals surface area contributed by atoms with Crippen molar-refractivity contribution < 1.29 is 0 Å². The van der Waals surface area contributed by atoms with E-state index in [1.165, 1.54) is 10.4 Å². The SMILES string of the molecule is CCN(Cc1cccs1)Cc1ccc(CN)cc1Br. The molecule has 0 atom stereocenters. The molecule has 2 rings (SSSR count). The molecule has 0 amide bonds. The number of hydrogen-bond acceptors (Lipinski definition) is 3. The van der Waals surface area contributed by atoms with E-state index in [-0.39, 0.29) is 0 Å². The lowest BCUT2D eigenvalue weighted by atomic mass is 10.1. The van der Waals surface area contributed by atoms with Gasteiger partial charge >= 0.3 is 0 Å². The average molecular weight is 339 g/mol. The highest BCUT2D eigenvalue weighted by Gasteiger charge is 2.08. The lowest BCUT2D eigenvalue weighted by Gasteiger charge is -2.20. The summed E-state index contributed by atoms with van der Waals surface area (Å²) in [6.45, 7) is 5.81. The highest BCUT2D eigenvalue weighted by Crippen LogP contribution is 2.21. The summed E-state index contributed by atoms with van der Waals surface area (Å²) in [5.74, 6) is 0. The first kappa shape index (κ1) is 14.7. The van der Waals surface area contributed by atoms with Gasteiger partial charge in [0.1, 0.15) is 0 Å². The van der Waals surface area contributed by atoms with Gasteiger partial charge in [0, 0.05) is 29.0 Å². The second-order valence-corrected chi connectivity index (χ2v) is 6.40. The van der Waals surface area contributed by atoms with Crippen molar-refractivity contribution in [2.75, 3.05) is 6.54 Å². The lowest BCUT2D eigenvalue weighted by molar-refractivity contribution is 0.273. The van der Waals surface area contributed by atoms with Crippen LogP contribution in [0.25, 0.3) is 0 Å². The van der Waals surface area contributed by atoms with Gasteiger partial charge in [-0.25, -0.2) is 0 Å². The van der Waals surface area contributed by atoms with Crippen LogP contribution in [0.5, 0.6) is 0 Å². The maximum atomic E-state index is 5.66. The average Bonchev–Trinajstić information content (AvgIpc) is 2.92. The van der Waals surface area contributed by atoms with E-state index in [4.69, 9.17) is 5.73 Å². The second-order valence-electron chi connectivity index (χ2n) is 4.51. The Morgan fingerprint density at radius 3 is 2.68 bits per heavy atom. The van der Waals surface area contributed by atoms with Gasteiger partial charge < -0.3 is 5.73 Å². The molecule has 0 saturated carbocycles.